The van der Waals surface area contributed by atoms with Crippen LogP contribution in [0.4, 0.5) is 0 Å². The first kappa shape index (κ1) is 30.4. The molecule has 0 saturated heterocycles. The van der Waals surface area contributed by atoms with Gasteiger partial charge in [0.25, 0.3) is 5.56 Å². The zero-order valence-corrected chi connectivity index (χ0v) is 26.2. The normalized spacial score (nSPS) is 14.7. The number of benzene rings is 3. The maximum absolute atomic E-state index is 13.9. The predicted molar refractivity (Wildman–Crippen MR) is 167 cm³/mol. The number of carbonyl (C=O) groups is 1. The van der Waals surface area contributed by atoms with Crippen molar-refractivity contribution in [3.8, 4) is 17.2 Å². The summed E-state index contributed by atoms with van der Waals surface area (Å²) in [5.41, 5.74) is 2.76. The zero-order chi connectivity index (χ0) is 30.7. The SMILES string of the molecule is CCOC(=O)C1=C(C)N=c2s/c(=C\c3ccc(OCc4ccc(Cl)cc4Cl)cc3)c(=O)n2C1c1ccc(OC)c(OC)c1. The number of allylic oxidation sites excluding steroid dienone is 1. The molecule has 0 saturated carbocycles. The number of rotatable bonds is 9. The van der Waals surface area contributed by atoms with Crippen LogP contribution in [0.5, 0.6) is 17.2 Å². The number of hydrogen-bond donors (Lipinski definition) is 0. The maximum Gasteiger partial charge on any atom is 0.338 e. The highest BCUT2D eigenvalue weighted by molar-refractivity contribution is 7.07. The lowest BCUT2D eigenvalue weighted by molar-refractivity contribution is -0.139. The van der Waals surface area contributed by atoms with Gasteiger partial charge in [0.05, 0.1) is 42.7 Å². The molecule has 0 fully saturated rings. The number of carbonyl (C=O) groups excluding carboxylic acids is 1. The Morgan fingerprint density at radius 2 is 1.77 bits per heavy atom. The second-order valence-electron chi connectivity index (χ2n) is 9.51. The van der Waals surface area contributed by atoms with Crippen molar-refractivity contribution in [3.63, 3.8) is 0 Å². The van der Waals surface area contributed by atoms with E-state index in [1.54, 1.807) is 57.4 Å². The Balaban J connectivity index is 1.51. The van der Waals surface area contributed by atoms with Crippen LogP contribution in [0.1, 0.15) is 36.6 Å². The van der Waals surface area contributed by atoms with E-state index in [1.807, 2.05) is 30.3 Å². The van der Waals surface area contributed by atoms with Crippen molar-refractivity contribution in [1.82, 2.24) is 4.57 Å². The van der Waals surface area contributed by atoms with Crippen molar-refractivity contribution in [2.45, 2.75) is 26.5 Å². The third kappa shape index (κ3) is 6.34. The smallest absolute Gasteiger partial charge is 0.338 e. The number of esters is 1. The molecule has 0 spiro atoms. The van der Waals surface area contributed by atoms with Gasteiger partial charge in [0.2, 0.25) is 0 Å². The summed E-state index contributed by atoms with van der Waals surface area (Å²) in [6, 6.07) is 17.2. The van der Waals surface area contributed by atoms with Gasteiger partial charge in [0.15, 0.2) is 16.3 Å². The monoisotopic (exact) mass is 638 g/mol. The third-order valence-corrected chi connectivity index (χ3v) is 8.40. The van der Waals surface area contributed by atoms with Gasteiger partial charge in [-0.05, 0) is 67.4 Å². The number of fused-ring (bicyclic) bond motifs is 1. The predicted octanol–water partition coefficient (Wildman–Crippen LogP) is 5.70. The summed E-state index contributed by atoms with van der Waals surface area (Å²) in [6.07, 6.45) is 1.79. The van der Waals surface area contributed by atoms with Gasteiger partial charge in [-0.2, -0.15) is 0 Å². The van der Waals surface area contributed by atoms with E-state index in [0.29, 0.717) is 47.9 Å². The van der Waals surface area contributed by atoms with E-state index >= 15 is 0 Å². The van der Waals surface area contributed by atoms with E-state index in [4.69, 9.17) is 42.1 Å². The molecule has 43 heavy (non-hydrogen) atoms. The molecule has 3 aromatic carbocycles. The van der Waals surface area contributed by atoms with Crippen LogP contribution in [0.25, 0.3) is 6.08 Å². The molecule has 5 rings (SSSR count). The molecule has 1 unspecified atom stereocenters. The Hall–Kier alpha value is -4.05. The number of thiazole rings is 1. The highest BCUT2D eigenvalue weighted by Gasteiger charge is 2.34. The Labute approximate surface area is 262 Å². The molecule has 0 radical (unpaired) electrons. The minimum Gasteiger partial charge on any atom is -0.493 e. The molecular formula is C32H28Cl2N2O6S. The van der Waals surface area contributed by atoms with Gasteiger partial charge < -0.3 is 18.9 Å². The Bertz CT molecular complexity index is 1900. The van der Waals surface area contributed by atoms with Crippen LogP contribution in [0, 0.1) is 0 Å². The number of hydrogen-bond acceptors (Lipinski definition) is 8. The minimum absolute atomic E-state index is 0.186. The number of nitrogens with zero attached hydrogens (tertiary/aromatic N) is 2. The topological polar surface area (TPSA) is 88.4 Å². The number of ether oxygens (including phenoxy) is 4. The fraction of sp³-hybridized carbons (Fsp3) is 0.219. The molecule has 11 heteroatoms. The lowest BCUT2D eigenvalue weighted by Crippen LogP contribution is -2.39. The summed E-state index contributed by atoms with van der Waals surface area (Å²) in [5.74, 6) is 1.11. The van der Waals surface area contributed by atoms with Crippen LogP contribution in [0.2, 0.25) is 10.0 Å². The molecule has 1 aliphatic rings. The molecule has 1 aromatic heterocycles. The van der Waals surface area contributed by atoms with Gasteiger partial charge >= 0.3 is 5.97 Å². The summed E-state index contributed by atoms with van der Waals surface area (Å²) in [7, 11) is 3.08. The van der Waals surface area contributed by atoms with Crippen LogP contribution < -0.4 is 29.1 Å². The van der Waals surface area contributed by atoms with Gasteiger partial charge in [0.1, 0.15) is 12.4 Å². The molecule has 1 aliphatic heterocycles. The standard InChI is InChI=1S/C32H28Cl2N2O6S/c1-5-41-31(38)28-18(2)35-32-36(29(28)20-9-13-25(39-3)26(15-20)40-4)30(37)27(43-32)14-19-6-11-23(12-7-19)42-17-21-8-10-22(33)16-24(21)34/h6-16,29H,5,17H2,1-4H3/b27-14-. The van der Waals surface area contributed by atoms with Crippen molar-refractivity contribution in [3.05, 3.63) is 118 Å². The van der Waals surface area contributed by atoms with E-state index in [2.05, 4.69) is 4.99 Å². The molecule has 0 amide bonds. The van der Waals surface area contributed by atoms with Crippen molar-refractivity contribution >= 4 is 46.6 Å². The highest BCUT2D eigenvalue weighted by atomic mass is 35.5. The van der Waals surface area contributed by atoms with E-state index in [1.165, 1.54) is 23.0 Å². The second kappa shape index (κ2) is 13.1. The van der Waals surface area contributed by atoms with Gasteiger partial charge in [-0.15, -0.1) is 0 Å². The summed E-state index contributed by atoms with van der Waals surface area (Å²) >= 11 is 13.5. The highest BCUT2D eigenvalue weighted by Crippen LogP contribution is 2.36. The first-order chi connectivity index (χ1) is 20.7. The Morgan fingerprint density at radius 1 is 1.02 bits per heavy atom. The minimum atomic E-state index is -0.771. The van der Waals surface area contributed by atoms with Gasteiger partial charge in [0, 0.05) is 15.6 Å². The van der Waals surface area contributed by atoms with Gasteiger partial charge in [-0.25, -0.2) is 9.79 Å². The maximum atomic E-state index is 13.9. The molecular weight excluding hydrogens is 611 g/mol. The zero-order valence-electron chi connectivity index (χ0n) is 23.9. The summed E-state index contributed by atoms with van der Waals surface area (Å²) in [6.45, 7) is 3.95. The third-order valence-electron chi connectivity index (χ3n) is 6.83. The number of methoxy groups -OCH3 is 2. The van der Waals surface area contributed by atoms with Crippen molar-refractivity contribution < 1.29 is 23.7 Å². The van der Waals surface area contributed by atoms with Gasteiger partial charge in [-0.1, -0.05) is 58.8 Å². The molecule has 0 bridgehead atoms. The van der Waals surface area contributed by atoms with Crippen molar-refractivity contribution in [2.24, 2.45) is 4.99 Å². The van der Waals surface area contributed by atoms with E-state index < -0.39 is 12.0 Å². The van der Waals surface area contributed by atoms with Crippen molar-refractivity contribution in [2.75, 3.05) is 20.8 Å². The molecule has 0 N–H and O–H groups in total. The van der Waals surface area contributed by atoms with Crippen LogP contribution in [-0.2, 0) is 16.1 Å². The average molecular weight is 640 g/mol. The van der Waals surface area contributed by atoms with Crippen molar-refractivity contribution in [1.29, 1.82) is 0 Å². The summed E-state index contributed by atoms with van der Waals surface area (Å²) in [5, 5.41) is 1.10. The Kier molecular flexibility index (Phi) is 9.25. The van der Waals surface area contributed by atoms with Crippen LogP contribution in [0.15, 0.2) is 81.7 Å². The fourth-order valence-electron chi connectivity index (χ4n) is 4.74. The van der Waals surface area contributed by atoms with E-state index in [0.717, 1.165) is 11.1 Å². The second-order valence-corrected chi connectivity index (χ2v) is 11.4. The van der Waals surface area contributed by atoms with Crippen LogP contribution >= 0.6 is 34.5 Å². The molecule has 1 atom stereocenters. The quantitative estimate of drug-likeness (QED) is 0.219. The van der Waals surface area contributed by atoms with E-state index in [-0.39, 0.29) is 24.3 Å². The van der Waals surface area contributed by atoms with Crippen LogP contribution in [0.3, 0.4) is 0 Å². The van der Waals surface area contributed by atoms with Crippen LogP contribution in [-0.4, -0.2) is 31.4 Å². The first-order valence-electron chi connectivity index (χ1n) is 13.3. The summed E-state index contributed by atoms with van der Waals surface area (Å²) in [4.78, 5) is 32.2. The molecule has 0 aliphatic carbocycles. The van der Waals surface area contributed by atoms with Gasteiger partial charge in [-0.3, -0.25) is 9.36 Å². The number of halogens is 2. The lowest BCUT2D eigenvalue weighted by Gasteiger charge is -2.25. The molecule has 8 nitrogen and oxygen atoms in total. The largest absolute Gasteiger partial charge is 0.493 e. The van der Waals surface area contributed by atoms with E-state index in [9.17, 15) is 9.59 Å². The first-order valence-corrected chi connectivity index (χ1v) is 14.9. The molecule has 2 heterocycles. The fourth-order valence-corrected chi connectivity index (χ4v) is 6.25. The molecule has 222 valence electrons. The molecule has 4 aromatic rings. The Morgan fingerprint density at radius 3 is 2.44 bits per heavy atom. The summed E-state index contributed by atoms with van der Waals surface area (Å²) < 4.78 is 24.2. The lowest BCUT2D eigenvalue weighted by atomic mass is 9.95. The number of aromatic nitrogens is 1. The average Bonchev–Trinajstić information content (AvgIpc) is 3.30.